The lowest BCUT2D eigenvalue weighted by Crippen LogP contribution is -2.11. The molecule has 2 N–H and O–H groups in total. The van der Waals surface area contributed by atoms with Crippen LogP contribution in [0.25, 0.3) is 21.8 Å². The van der Waals surface area contributed by atoms with E-state index in [-0.39, 0.29) is 5.78 Å². The molecule has 33 heavy (non-hydrogen) atoms. The first-order chi connectivity index (χ1) is 16.1. The topological polar surface area (TPSA) is 65.1 Å². The van der Waals surface area contributed by atoms with Gasteiger partial charge in [0.1, 0.15) is 0 Å². The third-order valence-electron chi connectivity index (χ3n) is 6.15. The zero-order valence-electron chi connectivity index (χ0n) is 18.3. The maximum atomic E-state index is 13.3. The van der Waals surface area contributed by atoms with Gasteiger partial charge in [0.05, 0.1) is 11.0 Å². The average Bonchev–Trinajstić information content (AvgIpc) is 3.17. The zero-order valence-corrected chi connectivity index (χ0v) is 18.3. The highest BCUT2D eigenvalue weighted by Crippen LogP contribution is 2.33. The number of nitrogens with zero attached hydrogens (tertiary/aromatic N) is 1. The number of nitrogens with two attached hydrogens (primary N) is 1. The molecule has 0 bridgehead atoms. The number of carbonyl (C=O) groups excluding carboxylic acids is 2. The van der Waals surface area contributed by atoms with E-state index in [1.165, 1.54) is 0 Å². The van der Waals surface area contributed by atoms with Gasteiger partial charge in [-0.15, -0.1) is 0 Å². The van der Waals surface area contributed by atoms with Gasteiger partial charge >= 0.3 is 0 Å². The van der Waals surface area contributed by atoms with Gasteiger partial charge in [0.2, 0.25) is 5.91 Å². The summed E-state index contributed by atoms with van der Waals surface area (Å²) in [6.45, 7) is 2.59. The second-order valence-corrected chi connectivity index (χ2v) is 8.12. The number of benzene rings is 4. The number of hydrogen-bond acceptors (Lipinski definition) is 2. The Balaban J connectivity index is 1.73. The van der Waals surface area contributed by atoms with Gasteiger partial charge in [-0.3, -0.25) is 9.59 Å². The van der Waals surface area contributed by atoms with E-state index in [0.29, 0.717) is 23.2 Å². The Morgan fingerprint density at radius 2 is 1.61 bits per heavy atom. The molecule has 1 aromatic heterocycles. The standard InChI is InChI=1S/C29H23N2O2/c1-2-19-15-16-23-26(17-19)31(25-14-8-13-24(27(23)25)29(30)33)18-21-11-6-7-12-22(21)28(32)20-9-4-3-5-10-20/h3-15,17H,2,18H2,1H3,(H2,30,33). The number of amides is 1. The van der Waals surface area contributed by atoms with Gasteiger partial charge in [-0.1, -0.05) is 73.7 Å². The molecule has 1 amide bonds. The zero-order chi connectivity index (χ0) is 22.9. The summed E-state index contributed by atoms with van der Waals surface area (Å²) in [5, 5.41) is 1.66. The van der Waals surface area contributed by atoms with Gasteiger partial charge < -0.3 is 10.3 Å². The molecule has 0 fully saturated rings. The van der Waals surface area contributed by atoms with Crippen LogP contribution in [0.15, 0.2) is 84.9 Å². The highest BCUT2D eigenvalue weighted by atomic mass is 16.1. The maximum absolute atomic E-state index is 13.3. The molecule has 0 aliphatic carbocycles. The Bertz CT molecular complexity index is 1510. The third-order valence-corrected chi connectivity index (χ3v) is 6.15. The summed E-state index contributed by atoms with van der Waals surface area (Å²) in [4.78, 5) is 25.5. The molecule has 4 heteroatoms. The number of aryl methyl sites for hydroxylation is 1. The van der Waals surface area contributed by atoms with Crippen LogP contribution in [-0.2, 0) is 13.0 Å². The predicted octanol–water partition coefficient (Wildman–Crippen LogP) is 5.54. The van der Waals surface area contributed by atoms with Gasteiger partial charge in [0.15, 0.2) is 5.78 Å². The largest absolute Gasteiger partial charge is 0.366 e. The van der Waals surface area contributed by atoms with Crippen LogP contribution in [0.5, 0.6) is 0 Å². The minimum Gasteiger partial charge on any atom is -0.366 e. The van der Waals surface area contributed by atoms with Crippen molar-refractivity contribution in [1.82, 2.24) is 4.57 Å². The number of carbonyl (C=O) groups is 2. The Morgan fingerprint density at radius 3 is 2.36 bits per heavy atom. The number of aromatic nitrogens is 1. The van der Waals surface area contributed by atoms with Crippen molar-refractivity contribution in [3.05, 3.63) is 119 Å². The van der Waals surface area contributed by atoms with Crippen LogP contribution in [0.3, 0.4) is 0 Å². The quantitative estimate of drug-likeness (QED) is 0.359. The Labute approximate surface area is 192 Å². The fraction of sp³-hybridized carbons (Fsp3) is 0.103. The summed E-state index contributed by atoms with van der Waals surface area (Å²) in [7, 11) is 0. The van der Waals surface area contributed by atoms with Crippen LogP contribution in [-0.4, -0.2) is 16.3 Å². The first kappa shape index (κ1) is 20.7. The molecular weight excluding hydrogens is 408 g/mol. The number of fused-ring (bicyclic) bond motifs is 3. The summed E-state index contributed by atoms with van der Waals surface area (Å²) in [5.41, 5.74) is 11.4. The molecule has 1 radical (unpaired) electrons. The first-order valence-corrected chi connectivity index (χ1v) is 11.0. The second-order valence-electron chi connectivity index (χ2n) is 8.12. The van der Waals surface area contributed by atoms with E-state index in [0.717, 1.165) is 39.4 Å². The van der Waals surface area contributed by atoms with Crippen LogP contribution >= 0.6 is 0 Å². The van der Waals surface area contributed by atoms with Gasteiger partial charge in [0.25, 0.3) is 0 Å². The Morgan fingerprint density at radius 1 is 0.879 bits per heavy atom. The lowest BCUT2D eigenvalue weighted by atomic mass is 9.98. The van der Waals surface area contributed by atoms with E-state index in [4.69, 9.17) is 5.73 Å². The van der Waals surface area contributed by atoms with Crippen LogP contribution in [0.4, 0.5) is 0 Å². The summed E-state index contributed by atoms with van der Waals surface area (Å²) >= 11 is 0. The molecule has 4 nitrogen and oxygen atoms in total. The van der Waals surface area contributed by atoms with E-state index < -0.39 is 5.91 Å². The molecular formula is C29H23N2O2. The minimum atomic E-state index is -0.465. The minimum absolute atomic E-state index is 0.00870. The number of hydrogen-bond donors (Lipinski definition) is 1. The fourth-order valence-corrected chi connectivity index (χ4v) is 4.47. The van der Waals surface area contributed by atoms with Crippen molar-refractivity contribution in [3.8, 4) is 0 Å². The van der Waals surface area contributed by atoms with E-state index in [1.54, 1.807) is 6.07 Å². The predicted molar refractivity (Wildman–Crippen MR) is 132 cm³/mol. The molecule has 0 aliphatic rings. The van der Waals surface area contributed by atoms with Crippen molar-refractivity contribution in [2.45, 2.75) is 19.9 Å². The molecule has 0 spiro atoms. The Hall–Kier alpha value is -4.18. The highest BCUT2D eigenvalue weighted by molar-refractivity contribution is 6.18. The molecule has 0 unspecified atom stereocenters. The normalized spacial score (nSPS) is 11.2. The first-order valence-electron chi connectivity index (χ1n) is 11.0. The van der Waals surface area contributed by atoms with Crippen molar-refractivity contribution in [3.63, 3.8) is 0 Å². The van der Waals surface area contributed by atoms with Crippen molar-refractivity contribution in [2.75, 3.05) is 0 Å². The number of primary amides is 1. The van der Waals surface area contributed by atoms with Crippen molar-refractivity contribution < 1.29 is 9.59 Å². The smallest absolute Gasteiger partial charge is 0.249 e. The van der Waals surface area contributed by atoms with Gasteiger partial charge in [-0.05, 0) is 41.8 Å². The molecule has 0 aliphatic heterocycles. The summed E-state index contributed by atoms with van der Waals surface area (Å²) in [6, 6.07) is 30.1. The van der Waals surface area contributed by atoms with Crippen molar-refractivity contribution in [2.24, 2.45) is 5.73 Å². The van der Waals surface area contributed by atoms with Crippen LogP contribution < -0.4 is 5.73 Å². The molecule has 0 saturated heterocycles. The van der Waals surface area contributed by atoms with Gasteiger partial charge in [0, 0.05) is 34.0 Å². The molecule has 4 aromatic carbocycles. The highest BCUT2D eigenvalue weighted by Gasteiger charge is 2.19. The van der Waals surface area contributed by atoms with Crippen LogP contribution in [0, 0.1) is 6.07 Å². The molecule has 1 heterocycles. The average molecular weight is 432 g/mol. The molecule has 5 rings (SSSR count). The number of rotatable bonds is 6. The van der Waals surface area contributed by atoms with E-state index in [1.807, 2.05) is 72.8 Å². The van der Waals surface area contributed by atoms with Crippen LogP contribution in [0.1, 0.15) is 44.3 Å². The van der Waals surface area contributed by atoms with E-state index in [9.17, 15) is 9.59 Å². The summed E-state index contributed by atoms with van der Waals surface area (Å²) in [5.74, 6) is -0.474. The fourth-order valence-electron chi connectivity index (χ4n) is 4.47. The van der Waals surface area contributed by atoms with Gasteiger partial charge in [-0.2, -0.15) is 0 Å². The molecule has 0 saturated carbocycles. The van der Waals surface area contributed by atoms with Crippen molar-refractivity contribution >= 4 is 33.5 Å². The summed E-state index contributed by atoms with van der Waals surface area (Å²) < 4.78 is 2.16. The number of ketones is 1. The molecule has 5 aromatic rings. The lowest BCUT2D eigenvalue weighted by Gasteiger charge is -2.13. The lowest BCUT2D eigenvalue weighted by molar-refractivity contribution is 0.1000. The SMILES string of the molecule is CCc1c[c]c2c3c(C(N)=O)cccc3n(Cc3ccccc3C(=O)c3ccccc3)c2c1. The maximum Gasteiger partial charge on any atom is 0.249 e. The van der Waals surface area contributed by atoms with Crippen LogP contribution in [0.2, 0.25) is 0 Å². The Kier molecular flexibility index (Phi) is 5.27. The van der Waals surface area contributed by atoms with E-state index in [2.05, 4.69) is 23.6 Å². The van der Waals surface area contributed by atoms with Gasteiger partial charge in [-0.25, -0.2) is 0 Å². The third kappa shape index (κ3) is 3.60. The molecule has 161 valence electrons. The monoisotopic (exact) mass is 431 g/mol. The van der Waals surface area contributed by atoms with E-state index >= 15 is 0 Å². The second kappa shape index (κ2) is 8.40. The summed E-state index contributed by atoms with van der Waals surface area (Å²) in [6.07, 6.45) is 0.875. The molecule has 0 atom stereocenters. The van der Waals surface area contributed by atoms with Crippen molar-refractivity contribution in [1.29, 1.82) is 0 Å².